The van der Waals surface area contributed by atoms with Gasteiger partial charge in [-0.1, -0.05) is 30.7 Å². The van der Waals surface area contributed by atoms with Gasteiger partial charge in [0.15, 0.2) is 0 Å². The predicted octanol–water partition coefficient (Wildman–Crippen LogP) is 1.59. The van der Waals surface area contributed by atoms with Crippen molar-refractivity contribution in [3.8, 4) is 0 Å². The van der Waals surface area contributed by atoms with E-state index >= 15 is 0 Å². The molecule has 1 fully saturated rings. The fraction of sp³-hybridized carbons (Fsp3) is 0.500. The molecule has 0 amide bonds. The van der Waals surface area contributed by atoms with Crippen molar-refractivity contribution in [2.45, 2.75) is 37.6 Å². The number of sulfonamides is 1. The number of hydrogen-bond donors (Lipinski definition) is 1. The Morgan fingerprint density at radius 2 is 1.75 bits per heavy atom. The van der Waals surface area contributed by atoms with Crippen molar-refractivity contribution >= 4 is 16.0 Å². The van der Waals surface area contributed by atoms with Gasteiger partial charge in [0.1, 0.15) is 0 Å². The summed E-state index contributed by atoms with van der Waals surface area (Å²) in [6.07, 6.45) is 1.58. The van der Waals surface area contributed by atoms with Crippen LogP contribution in [0.2, 0.25) is 0 Å². The molecule has 1 N–H and O–H groups in total. The summed E-state index contributed by atoms with van der Waals surface area (Å²) >= 11 is 0. The maximum atomic E-state index is 12.7. The number of carboxylic acids is 1. The number of benzene rings is 1. The van der Waals surface area contributed by atoms with Gasteiger partial charge in [-0.3, -0.25) is 4.79 Å². The molecule has 1 heterocycles. The zero-order valence-corrected chi connectivity index (χ0v) is 11.8. The molecule has 0 spiro atoms. The highest BCUT2D eigenvalue weighted by Crippen LogP contribution is 2.36. The fourth-order valence-electron chi connectivity index (χ4n) is 3.24. The SMILES string of the molecule is O=C(O)C1CCCC1S(=O)(=O)N1Cc2ccccc2C1. The Bertz CT molecular complexity index is 615. The number of fused-ring (bicyclic) bond motifs is 1. The first-order chi connectivity index (χ1) is 9.50. The average molecular weight is 295 g/mol. The fourth-order valence-corrected chi connectivity index (χ4v) is 5.39. The van der Waals surface area contributed by atoms with E-state index in [0.717, 1.165) is 11.1 Å². The minimum atomic E-state index is -3.55. The molecule has 1 aromatic carbocycles. The second-order valence-electron chi connectivity index (χ2n) is 5.50. The van der Waals surface area contributed by atoms with Gasteiger partial charge in [0, 0.05) is 13.1 Å². The third-order valence-corrected chi connectivity index (χ3v) is 6.63. The number of hydrogen-bond acceptors (Lipinski definition) is 3. The van der Waals surface area contributed by atoms with Crippen molar-refractivity contribution in [3.63, 3.8) is 0 Å². The van der Waals surface area contributed by atoms with Crippen LogP contribution in [-0.2, 0) is 27.9 Å². The first-order valence-corrected chi connectivity index (χ1v) is 8.29. The van der Waals surface area contributed by atoms with Crippen molar-refractivity contribution in [1.82, 2.24) is 4.31 Å². The number of aliphatic carboxylic acids is 1. The van der Waals surface area contributed by atoms with Crippen LogP contribution < -0.4 is 0 Å². The predicted molar refractivity (Wildman–Crippen MR) is 73.4 cm³/mol. The van der Waals surface area contributed by atoms with Crippen LogP contribution in [0.15, 0.2) is 24.3 Å². The van der Waals surface area contributed by atoms with Crippen LogP contribution in [0, 0.1) is 5.92 Å². The van der Waals surface area contributed by atoms with Gasteiger partial charge in [-0.15, -0.1) is 0 Å². The maximum Gasteiger partial charge on any atom is 0.307 e. The highest BCUT2D eigenvalue weighted by atomic mass is 32.2. The number of carboxylic acid groups (broad SMARTS) is 1. The molecule has 2 atom stereocenters. The number of nitrogens with zero attached hydrogens (tertiary/aromatic N) is 1. The first-order valence-electron chi connectivity index (χ1n) is 6.78. The molecular formula is C14H17NO4S. The smallest absolute Gasteiger partial charge is 0.307 e. The Labute approximate surface area is 118 Å². The molecule has 3 rings (SSSR count). The number of rotatable bonds is 3. The molecular weight excluding hydrogens is 278 g/mol. The van der Waals surface area contributed by atoms with Crippen molar-refractivity contribution in [2.24, 2.45) is 5.92 Å². The van der Waals surface area contributed by atoms with Gasteiger partial charge in [-0.25, -0.2) is 8.42 Å². The topological polar surface area (TPSA) is 74.7 Å². The summed E-state index contributed by atoms with van der Waals surface area (Å²) in [6, 6.07) is 7.64. The van der Waals surface area contributed by atoms with Crippen LogP contribution in [0.4, 0.5) is 0 Å². The standard InChI is InChI=1S/C14H17NO4S/c16-14(17)12-6-3-7-13(12)20(18,19)15-8-10-4-1-2-5-11(10)9-15/h1-2,4-5,12-13H,3,6-9H2,(H,16,17). The van der Waals surface area contributed by atoms with Gasteiger partial charge >= 0.3 is 5.97 Å². The zero-order valence-electron chi connectivity index (χ0n) is 11.0. The van der Waals surface area contributed by atoms with E-state index in [4.69, 9.17) is 0 Å². The molecule has 6 heteroatoms. The van der Waals surface area contributed by atoms with Crippen LogP contribution in [0.1, 0.15) is 30.4 Å². The molecule has 0 saturated heterocycles. The molecule has 20 heavy (non-hydrogen) atoms. The summed E-state index contributed by atoms with van der Waals surface area (Å²) in [6.45, 7) is 0.725. The van der Waals surface area contributed by atoms with Gasteiger partial charge in [0.2, 0.25) is 10.0 Å². The van der Waals surface area contributed by atoms with Crippen LogP contribution in [0.5, 0.6) is 0 Å². The molecule has 0 bridgehead atoms. The molecule has 1 saturated carbocycles. The molecule has 2 aliphatic rings. The van der Waals surface area contributed by atoms with E-state index in [1.165, 1.54) is 4.31 Å². The van der Waals surface area contributed by atoms with Gasteiger partial charge in [0.05, 0.1) is 11.2 Å². The molecule has 108 valence electrons. The lowest BCUT2D eigenvalue weighted by Gasteiger charge is -2.23. The van der Waals surface area contributed by atoms with Gasteiger partial charge in [0.25, 0.3) is 0 Å². The van der Waals surface area contributed by atoms with E-state index in [9.17, 15) is 18.3 Å². The Morgan fingerprint density at radius 1 is 1.15 bits per heavy atom. The summed E-state index contributed by atoms with van der Waals surface area (Å²) in [5.41, 5.74) is 2.03. The highest BCUT2D eigenvalue weighted by Gasteiger charge is 2.45. The van der Waals surface area contributed by atoms with Gasteiger partial charge in [-0.2, -0.15) is 4.31 Å². The van der Waals surface area contributed by atoms with E-state index in [1.807, 2.05) is 24.3 Å². The second kappa shape index (κ2) is 4.86. The van der Waals surface area contributed by atoms with Gasteiger partial charge < -0.3 is 5.11 Å². The third kappa shape index (κ3) is 2.13. The van der Waals surface area contributed by atoms with E-state index in [2.05, 4.69) is 0 Å². The highest BCUT2D eigenvalue weighted by molar-refractivity contribution is 7.89. The normalized spacial score (nSPS) is 26.6. The first kappa shape index (κ1) is 13.6. The van der Waals surface area contributed by atoms with Crippen LogP contribution in [0.3, 0.4) is 0 Å². The second-order valence-corrected chi connectivity index (χ2v) is 7.65. The Kier molecular flexibility index (Phi) is 3.30. The maximum absolute atomic E-state index is 12.7. The van der Waals surface area contributed by atoms with E-state index in [-0.39, 0.29) is 0 Å². The Balaban J connectivity index is 1.86. The molecule has 0 aromatic heterocycles. The van der Waals surface area contributed by atoms with E-state index in [1.54, 1.807) is 0 Å². The third-order valence-electron chi connectivity index (χ3n) is 4.32. The summed E-state index contributed by atoms with van der Waals surface area (Å²) in [7, 11) is -3.55. The molecule has 5 nitrogen and oxygen atoms in total. The molecule has 0 radical (unpaired) electrons. The molecule has 2 unspecified atom stereocenters. The van der Waals surface area contributed by atoms with Crippen LogP contribution in [0.25, 0.3) is 0 Å². The van der Waals surface area contributed by atoms with E-state index < -0.39 is 27.2 Å². The van der Waals surface area contributed by atoms with Crippen molar-refractivity contribution in [3.05, 3.63) is 35.4 Å². The minimum absolute atomic E-state index is 0.362. The Morgan fingerprint density at radius 3 is 2.30 bits per heavy atom. The zero-order chi connectivity index (χ0) is 14.3. The lowest BCUT2D eigenvalue weighted by molar-refractivity contribution is -0.141. The van der Waals surface area contributed by atoms with Crippen molar-refractivity contribution in [1.29, 1.82) is 0 Å². The summed E-state index contributed by atoms with van der Waals surface area (Å²) in [4.78, 5) is 11.2. The van der Waals surface area contributed by atoms with E-state index in [0.29, 0.717) is 32.4 Å². The van der Waals surface area contributed by atoms with Crippen molar-refractivity contribution in [2.75, 3.05) is 0 Å². The van der Waals surface area contributed by atoms with Crippen molar-refractivity contribution < 1.29 is 18.3 Å². The monoisotopic (exact) mass is 295 g/mol. The quantitative estimate of drug-likeness (QED) is 0.919. The summed E-state index contributed by atoms with van der Waals surface area (Å²) in [5.74, 6) is -1.75. The summed E-state index contributed by atoms with van der Waals surface area (Å²) < 4.78 is 26.8. The lowest BCUT2D eigenvalue weighted by atomic mass is 10.1. The molecule has 1 aliphatic carbocycles. The Hall–Kier alpha value is -1.40. The average Bonchev–Trinajstić information content (AvgIpc) is 3.05. The van der Waals surface area contributed by atoms with Gasteiger partial charge in [-0.05, 0) is 24.0 Å². The number of carbonyl (C=O) groups is 1. The summed E-state index contributed by atoms with van der Waals surface area (Å²) in [5, 5.41) is 8.41. The minimum Gasteiger partial charge on any atom is -0.481 e. The van der Waals surface area contributed by atoms with Crippen LogP contribution in [-0.4, -0.2) is 29.0 Å². The van der Waals surface area contributed by atoms with Crippen LogP contribution >= 0.6 is 0 Å². The lowest BCUT2D eigenvalue weighted by Crippen LogP contribution is -2.39. The largest absolute Gasteiger partial charge is 0.481 e. The molecule has 1 aliphatic heterocycles. The molecule has 1 aromatic rings.